The summed E-state index contributed by atoms with van der Waals surface area (Å²) in [6, 6.07) is 9.83. The molecule has 31 heavy (non-hydrogen) atoms. The first kappa shape index (κ1) is 27.3. The van der Waals surface area contributed by atoms with E-state index in [0.717, 1.165) is 12.9 Å². The fourth-order valence-corrected chi connectivity index (χ4v) is 4.37. The van der Waals surface area contributed by atoms with Crippen LogP contribution in [0.15, 0.2) is 45.3 Å². The highest BCUT2D eigenvalue weighted by Gasteiger charge is 2.26. The van der Waals surface area contributed by atoms with Gasteiger partial charge in [-0.15, -0.1) is 0 Å². The monoisotopic (exact) mass is 685 g/mol. The molecule has 0 unspecified atom stereocenters. The molecular weight excluding hydrogens is 674 g/mol. The van der Waals surface area contributed by atoms with Gasteiger partial charge in [-0.3, -0.25) is 29.8 Å². The molecule has 1 heterocycles. The van der Waals surface area contributed by atoms with Gasteiger partial charge in [-0.05, 0) is 19.1 Å². The molecule has 1 fully saturated rings. The summed E-state index contributed by atoms with van der Waals surface area (Å²) in [5, 5.41) is 21.3. The number of amides is 2. The topological polar surface area (TPSA) is 124 Å². The highest BCUT2D eigenvalue weighted by Crippen LogP contribution is 2.28. The largest absolute Gasteiger partial charge is 0.274 e. The maximum Gasteiger partial charge on any atom is 0.274 e. The molecule has 0 radical (unpaired) electrons. The fraction of sp³-hybridized carbons (Fsp3) is 0.222. The third-order valence-corrected chi connectivity index (χ3v) is 6.80. The van der Waals surface area contributed by atoms with Gasteiger partial charge >= 0.3 is 0 Å². The Labute approximate surface area is 211 Å². The number of alkyl halides is 1. The first-order valence-corrected chi connectivity index (χ1v) is 11.8. The van der Waals surface area contributed by atoms with Crippen molar-refractivity contribution in [2.45, 2.75) is 25.1 Å². The predicted molar refractivity (Wildman–Crippen MR) is 129 cm³/mol. The van der Waals surface area contributed by atoms with Crippen molar-refractivity contribution in [3.05, 3.63) is 76.7 Å². The molecule has 0 aliphatic carbocycles. The highest BCUT2D eigenvalue weighted by molar-refractivity contribution is 9.11. The van der Waals surface area contributed by atoms with E-state index in [9.17, 15) is 29.8 Å². The van der Waals surface area contributed by atoms with E-state index in [4.69, 9.17) is 0 Å². The van der Waals surface area contributed by atoms with Crippen molar-refractivity contribution < 1.29 is 19.4 Å². The molecule has 2 amide bonds. The Morgan fingerprint density at radius 1 is 0.903 bits per heavy atom. The van der Waals surface area contributed by atoms with Crippen molar-refractivity contribution in [3.8, 4) is 0 Å². The van der Waals surface area contributed by atoms with Gasteiger partial charge in [0.25, 0.3) is 11.4 Å². The maximum atomic E-state index is 10.5. The Kier molecular flexibility index (Phi) is 11.5. The van der Waals surface area contributed by atoms with Crippen LogP contribution in [-0.2, 0) is 14.9 Å². The summed E-state index contributed by atoms with van der Waals surface area (Å²) in [5.74, 6) is -0.287. The summed E-state index contributed by atoms with van der Waals surface area (Å²) < 4.78 is 2.51. The van der Waals surface area contributed by atoms with E-state index in [2.05, 4.69) is 63.9 Å². The Hall–Kier alpha value is -1.70. The molecule has 0 atom stereocenters. The number of hydrogen-bond donors (Lipinski definition) is 0. The van der Waals surface area contributed by atoms with E-state index in [1.165, 1.54) is 12.1 Å². The summed E-state index contributed by atoms with van der Waals surface area (Å²) in [4.78, 5) is 41.0. The molecule has 166 valence electrons. The van der Waals surface area contributed by atoms with Gasteiger partial charge in [-0.2, -0.15) is 0 Å². The van der Waals surface area contributed by atoms with Crippen LogP contribution in [0, 0.1) is 27.2 Å². The molecule has 3 rings (SSSR count). The van der Waals surface area contributed by atoms with Crippen LogP contribution in [0.25, 0.3) is 0 Å². The number of carbonyl (C=O) groups excluding carboxylic acids is 2. The van der Waals surface area contributed by atoms with Crippen LogP contribution in [-0.4, -0.2) is 25.6 Å². The number of nitro benzene ring substituents is 2. The van der Waals surface area contributed by atoms with Crippen molar-refractivity contribution in [2.75, 3.05) is 0 Å². The lowest BCUT2D eigenvalue weighted by Gasteiger charge is -2.00. The molecule has 1 aliphatic heterocycles. The second kappa shape index (κ2) is 13.0. The van der Waals surface area contributed by atoms with E-state index in [1.807, 2.05) is 0 Å². The zero-order chi connectivity index (χ0) is 23.7. The molecule has 2 aromatic carbocycles. The Morgan fingerprint density at radius 3 is 1.68 bits per heavy atom. The van der Waals surface area contributed by atoms with Gasteiger partial charge < -0.3 is 0 Å². The fourth-order valence-electron chi connectivity index (χ4n) is 2.19. The zero-order valence-electron chi connectivity index (χ0n) is 15.9. The van der Waals surface area contributed by atoms with Crippen LogP contribution in [0.2, 0.25) is 0 Å². The molecule has 9 nitrogen and oxygen atoms in total. The summed E-state index contributed by atoms with van der Waals surface area (Å²) >= 11 is 12.4. The van der Waals surface area contributed by atoms with E-state index in [0.29, 0.717) is 29.3 Å². The molecule has 0 bridgehead atoms. The summed E-state index contributed by atoms with van der Waals surface area (Å²) in [5.41, 5.74) is 1.63. The van der Waals surface area contributed by atoms with E-state index < -0.39 is 0 Å². The quantitative estimate of drug-likeness (QED) is 0.122. The number of nitro groups is 2. The molecule has 1 saturated heterocycles. The number of nitrogens with zero attached hydrogens (tertiary/aromatic N) is 3. The minimum absolute atomic E-state index is 0.140. The smallest absolute Gasteiger partial charge is 0.274 e. The third-order valence-electron chi connectivity index (χ3n) is 3.85. The van der Waals surface area contributed by atoms with Crippen molar-refractivity contribution >= 4 is 87.1 Å². The molecule has 0 N–H and O–H groups in total. The first-order chi connectivity index (χ1) is 14.5. The average Bonchev–Trinajstić information content (AvgIpc) is 3.01. The predicted octanol–water partition coefficient (Wildman–Crippen LogP) is 6.36. The van der Waals surface area contributed by atoms with Crippen molar-refractivity contribution in [2.24, 2.45) is 0 Å². The summed E-state index contributed by atoms with van der Waals surface area (Å²) in [6.07, 6.45) is 0.703. The lowest BCUT2D eigenvalue weighted by Crippen LogP contribution is -2.16. The Morgan fingerprint density at radius 2 is 1.35 bits per heavy atom. The van der Waals surface area contributed by atoms with Crippen molar-refractivity contribution in [3.63, 3.8) is 0 Å². The van der Waals surface area contributed by atoms with Crippen LogP contribution in [0.5, 0.6) is 0 Å². The molecule has 0 aromatic heterocycles. The minimum Gasteiger partial charge on any atom is -0.274 e. The van der Waals surface area contributed by atoms with Gasteiger partial charge in [0.05, 0.1) is 31.6 Å². The van der Waals surface area contributed by atoms with Gasteiger partial charge in [0.15, 0.2) is 0 Å². The average molecular weight is 689 g/mol. The number of carbonyl (C=O) groups is 2. The van der Waals surface area contributed by atoms with E-state index >= 15 is 0 Å². The standard InChI is InChI=1S/C7H5Br2NO2.C7H6BrNO2.C4H4BrNO2/c8-4-5-6(9)2-1-3-7(5)10(11)12;1-5-6(8)3-2-4-7(5)9(10)11;5-6-3(7)1-2-4(6)8/h1-3H,4H2;2-4H,1H3;1-2H2. The van der Waals surface area contributed by atoms with Crippen molar-refractivity contribution in [1.82, 2.24) is 3.93 Å². The first-order valence-electron chi connectivity index (χ1n) is 8.40. The maximum absolute atomic E-state index is 10.5. The van der Waals surface area contributed by atoms with Gasteiger partial charge in [0.1, 0.15) is 0 Å². The third kappa shape index (κ3) is 8.05. The van der Waals surface area contributed by atoms with E-state index in [-0.39, 0.29) is 33.0 Å². The molecular formula is C18H15Br4N3O6. The van der Waals surface area contributed by atoms with Crippen LogP contribution in [0.3, 0.4) is 0 Å². The Bertz CT molecular complexity index is 986. The molecule has 0 saturated carbocycles. The van der Waals surface area contributed by atoms with Gasteiger partial charge in [-0.1, -0.05) is 59.9 Å². The lowest BCUT2D eigenvalue weighted by atomic mass is 10.2. The number of hydrogen-bond acceptors (Lipinski definition) is 6. The van der Waals surface area contributed by atoms with Gasteiger partial charge in [0.2, 0.25) is 11.8 Å². The molecule has 2 aromatic rings. The normalized spacial score (nSPS) is 12.5. The summed E-state index contributed by atoms with van der Waals surface area (Å²) in [7, 11) is 0. The minimum atomic E-state index is -0.389. The molecule has 1 aliphatic rings. The van der Waals surface area contributed by atoms with Crippen LogP contribution in [0.4, 0.5) is 11.4 Å². The molecule has 13 heteroatoms. The molecule has 0 spiro atoms. The van der Waals surface area contributed by atoms with E-state index in [1.54, 1.807) is 31.2 Å². The number of halogens is 4. The summed E-state index contributed by atoms with van der Waals surface area (Å²) in [6.45, 7) is 1.71. The number of imide groups is 1. The highest BCUT2D eigenvalue weighted by atomic mass is 79.9. The van der Waals surface area contributed by atoms with Crippen LogP contribution in [0.1, 0.15) is 24.0 Å². The van der Waals surface area contributed by atoms with Crippen LogP contribution < -0.4 is 0 Å². The second-order valence-electron chi connectivity index (χ2n) is 5.84. The van der Waals surface area contributed by atoms with Crippen molar-refractivity contribution in [1.29, 1.82) is 0 Å². The SMILES string of the molecule is Cc1c(Br)cccc1[N+](=O)[O-].O=C1CCC(=O)N1Br.O=[N+]([O-])c1cccc(Br)c1CBr. The number of rotatable bonds is 3. The number of benzene rings is 2. The van der Waals surface area contributed by atoms with Gasteiger partial charge in [0, 0.05) is 44.8 Å². The second-order valence-corrected chi connectivity index (χ2v) is 8.82. The Balaban J connectivity index is 0.000000237. The van der Waals surface area contributed by atoms with Crippen LogP contribution >= 0.6 is 63.9 Å². The zero-order valence-corrected chi connectivity index (χ0v) is 22.2. The lowest BCUT2D eigenvalue weighted by molar-refractivity contribution is -0.385. The van der Waals surface area contributed by atoms with Gasteiger partial charge in [-0.25, -0.2) is 3.93 Å².